The molecule has 0 aliphatic rings. The van der Waals surface area contributed by atoms with Crippen LogP contribution in [-0.4, -0.2) is 21.2 Å². The van der Waals surface area contributed by atoms with Crippen LogP contribution in [0.25, 0.3) is 16.6 Å². The number of para-hydroxylation sites is 1. The van der Waals surface area contributed by atoms with E-state index in [0.29, 0.717) is 27.7 Å². The second-order valence-electron chi connectivity index (χ2n) is 6.49. The Morgan fingerprint density at radius 3 is 2.65 bits per heavy atom. The number of fused-ring (bicyclic) bond motifs is 1. The molecule has 1 aromatic heterocycles. The van der Waals surface area contributed by atoms with Crippen LogP contribution in [0.1, 0.15) is 0 Å². The summed E-state index contributed by atoms with van der Waals surface area (Å²) in [5.41, 5.74) is 0.549. The molecule has 9 heteroatoms. The summed E-state index contributed by atoms with van der Waals surface area (Å²) in [5.74, 6) is -2.30. The van der Waals surface area contributed by atoms with Gasteiger partial charge in [-0.15, -0.1) is 0 Å². The average Bonchev–Trinajstić information content (AvgIpc) is 2.74. The zero-order valence-electron chi connectivity index (χ0n) is 15.8. The van der Waals surface area contributed by atoms with E-state index in [4.69, 9.17) is 11.6 Å². The third-order valence-electron chi connectivity index (χ3n) is 4.35. The predicted molar refractivity (Wildman–Crippen MR) is 118 cm³/mol. The SMILES string of the molecule is O=C(CSc1nc2ccccc2c(=O)n1-c1cccc(Cl)c1)Nc1ccc(F)cc1F. The largest absolute Gasteiger partial charge is 0.323 e. The summed E-state index contributed by atoms with van der Waals surface area (Å²) in [6.45, 7) is 0. The van der Waals surface area contributed by atoms with E-state index in [1.165, 1.54) is 4.57 Å². The Kier molecular flexibility index (Phi) is 6.01. The van der Waals surface area contributed by atoms with Crippen molar-refractivity contribution in [3.63, 3.8) is 0 Å². The molecule has 1 heterocycles. The summed E-state index contributed by atoms with van der Waals surface area (Å²) < 4.78 is 28.2. The van der Waals surface area contributed by atoms with Crippen molar-refractivity contribution >= 4 is 45.9 Å². The van der Waals surface area contributed by atoms with E-state index in [1.807, 2.05) is 0 Å². The van der Waals surface area contributed by atoms with Gasteiger partial charge in [-0.2, -0.15) is 0 Å². The third kappa shape index (κ3) is 4.60. The fraction of sp³-hybridized carbons (Fsp3) is 0.0455. The maximum atomic E-state index is 13.8. The lowest BCUT2D eigenvalue weighted by Crippen LogP contribution is -2.23. The van der Waals surface area contributed by atoms with E-state index in [0.717, 1.165) is 23.9 Å². The van der Waals surface area contributed by atoms with Crippen molar-refractivity contribution in [2.75, 3.05) is 11.1 Å². The summed E-state index contributed by atoms with van der Waals surface area (Å²) in [6.07, 6.45) is 0. The minimum Gasteiger partial charge on any atom is -0.323 e. The number of nitrogens with one attached hydrogen (secondary N) is 1. The number of aromatic nitrogens is 2. The summed E-state index contributed by atoms with van der Waals surface area (Å²) in [5, 5.41) is 3.53. The van der Waals surface area contributed by atoms with Crippen LogP contribution in [0.15, 0.2) is 76.7 Å². The van der Waals surface area contributed by atoms with Gasteiger partial charge in [-0.25, -0.2) is 13.8 Å². The molecule has 0 saturated carbocycles. The maximum absolute atomic E-state index is 13.8. The number of anilines is 1. The van der Waals surface area contributed by atoms with E-state index < -0.39 is 17.5 Å². The molecule has 0 spiro atoms. The van der Waals surface area contributed by atoms with Gasteiger partial charge in [-0.1, -0.05) is 41.6 Å². The van der Waals surface area contributed by atoms with Crippen LogP contribution in [-0.2, 0) is 4.79 Å². The first-order valence-corrected chi connectivity index (χ1v) is 10.4. The van der Waals surface area contributed by atoms with Crippen molar-refractivity contribution in [2.45, 2.75) is 5.16 Å². The lowest BCUT2D eigenvalue weighted by atomic mass is 10.2. The van der Waals surface area contributed by atoms with Crippen molar-refractivity contribution in [3.8, 4) is 5.69 Å². The molecular weight excluding hydrogens is 444 g/mol. The molecule has 156 valence electrons. The molecule has 4 rings (SSSR count). The number of hydrogen-bond acceptors (Lipinski definition) is 4. The highest BCUT2D eigenvalue weighted by atomic mass is 35.5. The molecule has 4 aromatic rings. The Bertz CT molecular complexity index is 1360. The predicted octanol–water partition coefficient (Wildman–Crippen LogP) is 5.05. The van der Waals surface area contributed by atoms with Crippen molar-refractivity contribution < 1.29 is 13.6 Å². The highest BCUT2D eigenvalue weighted by Gasteiger charge is 2.16. The molecule has 3 aromatic carbocycles. The molecule has 0 aliphatic heterocycles. The molecule has 0 unspecified atom stereocenters. The number of carbonyl (C=O) groups is 1. The van der Waals surface area contributed by atoms with Gasteiger partial charge >= 0.3 is 0 Å². The van der Waals surface area contributed by atoms with E-state index in [2.05, 4.69) is 10.3 Å². The zero-order chi connectivity index (χ0) is 22.0. The highest BCUT2D eigenvalue weighted by Crippen LogP contribution is 2.23. The first kappa shape index (κ1) is 21.0. The number of hydrogen-bond donors (Lipinski definition) is 1. The van der Waals surface area contributed by atoms with Gasteiger partial charge in [-0.05, 0) is 42.5 Å². The zero-order valence-corrected chi connectivity index (χ0v) is 17.4. The molecule has 5 nitrogen and oxygen atoms in total. The summed E-state index contributed by atoms with van der Waals surface area (Å²) in [7, 11) is 0. The average molecular weight is 458 g/mol. The van der Waals surface area contributed by atoms with Gasteiger partial charge < -0.3 is 5.32 Å². The number of nitrogens with zero attached hydrogens (tertiary/aromatic N) is 2. The van der Waals surface area contributed by atoms with Gasteiger partial charge in [0.05, 0.1) is 28.0 Å². The topological polar surface area (TPSA) is 64.0 Å². The molecule has 0 atom stereocenters. The Morgan fingerprint density at radius 2 is 1.87 bits per heavy atom. The van der Waals surface area contributed by atoms with Crippen LogP contribution in [0.2, 0.25) is 5.02 Å². The quantitative estimate of drug-likeness (QED) is 0.336. The normalized spacial score (nSPS) is 10.9. The number of rotatable bonds is 5. The Hall–Kier alpha value is -3.23. The van der Waals surface area contributed by atoms with Crippen molar-refractivity contribution in [3.05, 3.63) is 93.7 Å². The minimum absolute atomic E-state index is 0.134. The molecule has 1 amide bonds. The number of thioether (sulfide) groups is 1. The van der Waals surface area contributed by atoms with Crippen molar-refractivity contribution in [1.29, 1.82) is 0 Å². The van der Waals surface area contributed by atoms with Crippen LogP contribution in [0.3, 0.4) is 0 Å². The lowest BCUT2D eigenvalue weighted by Gasteiger charge is -2.13. The van der Waals surface area contributed by atoms with Crippen LogP contribution < -0.4 is 10.9 Å². The van der Waals surface area contributed by atoms with Crippen LogP contribution in [0.5, 0.6) is 0 Å². The maximum Gasteiger partial charge on any atom is 0.266 e. The Morgan fingerprint density at radius 1 is 1.06 bits per heavy atom. The molecule has 0 fully saturated rings. The fourth-order valence-corrected chi connectivity index (χ4v) is 3.96. The van der Waals surface area contributed by atoms with Crippen LogP contribution >= 0.6 is 23.4 Å². The summed E-state index contributed by atoms with van der Waals surface area (Å²) >= 11 is 7.11. The number of carbonyl (C=O) groups excluding carboxylic acids is 1. The first-order chi connectivity index (χ1) is 14.9. The lowest BCUT2D eigenvalue weighted by molar-refractivity contribution is -0.113. The number of benzene rings is 3. The smallest absolute Gasteiger partial charge is 0.266 e. The van der Waals surface area contributed by atoms with E-state index in [9.17, 15) is 18.4 Å². The molecule has 1 N–H and O–H groups in total. The second-order valence-corrected chi connectivity index (χ2v) is 7.87. The fourth-order valence-electron chi connectivity index (χ4n) is 2.96. The Balaban J connectivity index is 1.67. The van der Waals surface area contributed by atoms with Gasteiger partial charge in [0.2, 0.25) is 5.91 Å². The molecule has 31 heavy (non-hydrogen) atoms. The third-order valence-corrected chi connectivity index (χ3v) is 5.52. The van der Waals surface area contributed by atoms with E-state index in [1.54, 1.807) is 48.5 Å². The second kappa shape index (κ2) is 8.87. The van der Waals surface area contributed by atoms with Gasteiger partial charge in [0.15, 0.2) is 5.16 Å². The highest BCUT2D eigenvalue weighted by molar-refractivity contribution is 7.99. The number of halogens is 3. The summed E-state index contributed by atoms with van der Waals surface area (Å²) in [4.78, 5) is 30.0. The summed E-state index contributed by atoms with van der Waals surface area (Å²) in [6, 6.07) is 16.5. The monoisotopic (exact) mass is 457 g/mol. The molecular formula is C22H14ClF2N3O2S. The molecule has 0 bridgehead atoms. The first-order valence-electron chi connectivity index (χ1n) is 9.08. The standard InChI is InChI=1S/C22H14ClF2N3O2S/c23-13-4-3-5-15(10-13)28-21(30)16-6-1-2-7-18(16)27-22(28)31-12-20(29)26-19-9-8-14(24)11-17(19)25/h1-11H,12H2,(H,26,29). The van der Waals surface area contributed by atoms with Gasteiger partial charge in [0.25, 0.3) is 5.56 Å². The minimum atomic E-state index is -0.877. The molecule has 0 aliphatic carbocycles. The number of amides is 1. The van der Waals surface area contributed by atoms with Gasteiger partial charge in [-0.3, -0.25) is 14.2 Å². The van der Waals surface area contributed by atoms with Crippen LogP contribution in [0.4, 0.5) is 14.5 Å². The van der Waals surface area contributed by atoms with Gasteiger partial charge in [0, 0.05) is 11.1 Å². The van der Waals surface area contributed by atoms with Gasteiger partial charge in [0.1, 0.15) is 11.6 Å². The van der Waals surface area contributed by atoms with Crippen LogP contribution in [0, 0.1) is 11.6 Å². The molecule has 0 saturated heterocycles. The Labute approximate surface area is 184 Å². The van der Waals surface area contributed by atoms with E-state index >= 15 is 0 Å². The van der Waals surface area contributed by atoms with Crippen molar-refractivity contribution in [1.82, 2.24) is 9.55 Å². The molecule has 0 radical (unpaired) electrons. The van der Waals surface area contributed by atoms with E-state index in [-0.39, 0.29) is 22.2 Å². The van der Waals surface area contributed by atoms with Crippen molar-refractivity contribution in [2.24, 2.45) is 0 Å².